The number of nitrogens with one attached hydrogen (secondary N) is 1. The summed E-state index contributed by atoms with van der Waals surface area (Å²) in [6, 6.07) is 14.7. The Morgan fingerprint density at radius 2 is 1.82 bits per heavy atom. The van der Waals surface area contributed by atoms with Gasteiger partial charge < -0.3 is 25.1 Å². The van der Waals surface area contributed by atoms with E-state index in [9.17, 15) is 9.59 Å². The van der Waals surface area contributed by atoms with Gasteiger partial charge in [-0.2, -0.15) is 0 Å². The van der Waals surface area contributed by atoms with Crippen LogP contribution in [0.15, 0.2) is 48.5 Å². The lowest BCUT2D eigenvalue weighted by Gasteiger charge is -2.26. The third kappa shape index (κ3) is 3.79. The maximum Gasteiger partial charge on any atom is 0.254 e. The molecule has 0 radical (unpaired) electrons. The summed E-state index contributed by atoms with van der Waals surface area (Å²) in [4.78, 5) is 30.3. The van der Waals surface area contributed by atoms with Crippen LogP contribution in [-0.4, -0.2) is 55.1 Å². The van der Waals surface area contributed by atoms with E-state index in [1.807, 2.05) is 30.3 Å². The van der Waals surface area contributed by atoms with Crippen LogP contribution in [0.5, 0.6) is 5.75 Å². The third-order valence-electron chi connectivity index (χ3n) is 6.00. The van der Waals surface area contributed by atoms with E-state index in [4.69, 9.17) is 26.8 Å². The standard InChI is InChI=1S/C25H22ClN3O4/c1-32-22-5-3-14(12-20(22)26)16-10-18-17-4-2-15(25(31)29-6-8-33-9-7-29)13-21(17)28-23(18)19(11-16)24(27)30/h2-5,10-13,28H,6-9H2,1H3,(H2,27,30). The molecule has 1 fully saturated rings. The molecule has 0 aliphatic carbocycles. The number of carbonyl (C=O) groups is 2. The number of aromatic amines is 1. The van der Waals surface area contributed by atoms with Gasteiger partial charge in [0.1, 0.15) is 5.75 Å². The molecule has 0 atom stereocenters. The van der Waals surface area contributed by atoms with E-state index in [1.165, 1.54) is 0 Å². The Balaban J connectivity index is 1.64. The number of amides is 2. The van der Waals surface area contributed by atoms with Crippen LogP contribution in [0.4, 0.5) is 0 Å². The number of nitrogens with zero attached hydrogens (tertiary/aromatic N) is 1. The quantitative estimate of drug-likeness (QED) is 0.473. The Kier molecular flexibility index (Phi) is 5.44. The summed E-state index contributed by atoms with van der Waals surface area (Å²) in [5.74, 6) is -0.0126. The molecule has 2 heterocycles. The van der Waals surface area contributed by atoms with Crippen molar-refractivity contribution in [3.8, 4) is 16.9 Å². The molecule has 1 saturated heterocycles. The molecule has 7 nitrogen and oxygen atoms in total. The number of hydrogen-bond donors (Lipinski definition) is 2. The van der Waals surface area contributed by atoms with Gasteiger partial charge in [-0.15, -0.1) is 0 Å². The summed E-state index contributed by atoms with van der Waals surface area (Å²) in [5, 5.41) is 2.21. The minimum atomic E-state index is -0.544. The van der Waals surface area contributed by atoms with Gasteiger partial charge in [0.25, 0.3) is 11.8 Å². The van der Waals surface area contributed by atoms with Crippen LogP contribution in [0.25, 0.3) is 32.9 Å². The minimum absolute atomic E-state index is 0.0393. The van der Waals surface area contributed by atoms with Crippen molar-refractivity contribution in [2.45, 2.75) is 0 Å². The van der Waals surface area contributed by atoms with Crippen molar-refractivity contribution < 1.29 is 19.1 Å². The Morgan fingerprint density at radius 1 is 1.03 bits per heavy atom. The van der Waals surface area contributed by atoms with Crippen molar-refractivity contribution in [2.75, 3.05) is 33.4 Å². The van der Waals surface area contributed by atoms with Crippen molar-refractivity contribution in [2.24, 2.45) is 5.73 Å². The lowest BCUT2D eigenvalue weighted by molar-refractivity contribution is 0.0303. The monoisotopic (exact) mass is 463 g/mol. The Labute approximate surface area is 195 Å². The number of nitrogens with two attached hydrogens (primary N) is 1. The minimum Gasteiger partial charge on any atom is -0.495 e. The second kappa shape index (κ2) is 8.42. The number of benzene rings is 3. The molecule has 2 amide bonds. The summed E-state index contributed by atoms with van der Waals surface area (Å²) in [5.41, 5.74) is 9.70. The van der Waals surface area contributed by atoms with E-state index in [0.29, 0.717) is 53.7 Å². The molecule has 1 aromatic heterocycles. The zero-order valence-corrected chi connectivity index (χ0v) is 18.7. The Bertz CT molecular complexity index is 1410. The van der Waals surface area contributed by atoms with E-state index in [1.54, 1.807) is 30.2 Å². The predicted molar refractivity (Wildman–Crippen MR) is 128 cm³/mol. The van der Waals surface area contributed by atoms with Gasteiger partial charge in [-0.05, 0) is 47.5 Å². The van der Waals surface area contributed by atoms with Gasteiger partial charge in [0.2, 0.25) is 0 Å². The van der Waals surface area contributed by atoms with Crippen LogP contribution in [0, 0.1) is 0 Å². The molecule has 0 saturated carbocycles. The van der Waals surface area contributed by atoms with Crippen molar-refractivity contribution in [1.82, 2.24) is 9.88 Å². The predicted octanol–water partition coefficient (Wildman–Crippen LogP) is 4.22. The van der Waals surface area contributed by atoms with Gasteiger partial charge in [-0.1, -0.05) is 23.7 Å². The normalized spacial score (nSPS) is 14.1. The number of morpholine rings is 1. The topological polar surface area (TPSA) is 97.7 Å². The molecule has 5 rings (SSSR count). The number of rotatable bonds is 4. The fourth-order valence-corrected chi connectivity index (χ4v) is 4.55. The van der Waals surface area contributed by atoms with E-state index in [0.717, 1.165) is 27.4 Å². The Morgan fingerprint density at radius 3 is 2.52 bits per heavy atom. The zero-order valence-electron chi connectivity index (χ0n) is 18.0. The van der Waals surface area contributed by atoms with Gasteiger partial charge in [0, 0.05) is 34.9 Å². The molecule has 3 N–H and O–H groups in total. The molecule has 0 unspecified atom stereocenters. The zero-order chi connectivity index (χ0) is 23.1. The van der Waals surface area contributed by atoms with E-state index >= 15 is 0 Å². The average molecular weight is 464 g/mol. The molecular weight excluding hydrogens is 442 g/mol. The van der Waals surface area contributed by atoms with Crippen molar-refractivity contribution in [1.29, 1.82) is 0 Å². The first-order valence-corrected chi connectivity index (χ1v) is 10.9. The highest BCUT2D eigenvalue weighted by Crippen LogP contribution is 2.36. The SMILES string of the molecule is COc1ccc(-c2cc(C(N)=O)c3[nH]c4cc(C(=O)N5CCOCC5)ccc4c3c2)cc1Cl. The van der Waals surface area contributed by atoms with Gasteiger partial charge in [-0.3, -0.25) is 9.59 Å². The average Bonchev–Trinajstić information content (AvgIpc) is 3.21. The van der Waals surface area contributed by atoms with Crippen LogP contribution in [-0.2, 0) is 4.74 Å². The first-order valence-electron chi connectivity index (χ1n) is 10.6. The highest BCUT2D eigenvalue weighted by atomic mass is 35.5. The van der Waals surface area contributed by atoms with Crippen LogP contribution in [0.3, 0.4) is 0 Å². The number of methoxy groups -OCH3 is 1. The summed E-state index contributed by atoms with van der Waals surface area (Å²) in [6.45, 7) is 2.23. The van der Waals surface area contributed by atoms with Gasteiger partial charge >= 0.3 is 0 Å². The van der Waals surface area contributed by atoms with Gasteiger partial charge in [0.15, 0.2) is 0 Å². The first-order chi connectivity index (χ1) is 16.0. The number of hydrogen-bond acceptors (Lipinski definition) is 4. The molecule has 33 heavy (non-hydrogen) atoms. The number of aromatic nitrogens is 1. The van der Waals surface area contributed by atoms with Crippen LogP contribution in [0.1, 0.15) is 20.7 Å². The number of halogens is 1. The highest BCUT2D eigenvalue weighted by Gasteiger charge is 2.20. The van der Waals surface area contributed by atoms with E-state index < -0.39 is 5.91 Å². The number of primary amides is 1. The van der Waals surface area contributed by atoms with E-state index in [-0.39, 0.29) is 5.91 Å². The maximum atomic E-state index is 12.9. The first kappa shape index (κ1) is 21.3. The molecule has 168 valence electrons. The van der Waals surface area contributed by atoms with Gasteiger partial charge in [-0.25, -0.2) is 0 Å². The third-order valence-corrected chi connectivity index (χ3v) is 6.30. The summed E-state index contributed by atoms with van der Waals surface area (Å²) in [6.07, 6.45) is 0. The fraction of sp³-hybridized carbons (Fsp3) is 0.200. The van der Waals surface area contributed by atoms with Gasteiger partial charge in [0.05, 0.1) is 36.4 Å². The molecular formula is C25H22ClN3O4. The number of carbonyl (C=O) groups excluding carboxylic acids is 2. The van der Waals surface area contributed by atoms with Crippen LogP contribution < -0.4 is 10.5 Å². The number of H-pyrrole nitrogens is 1. The molecule has 0 bridgehead atoms. The summed E-state index contributed by atoms with van der Waals surface area (Å²) in [7, 11) is 1.56. The number of ether oxygens (including phenoxy) is 2. The van der Waals surface area contributed by atoms with E-state index in [2.05, 4.69) is 4.98 Å². The number of fused-ring (bicyclic) bond motifs is 3. The molecule has 1 aliphatic rings. The lowest BCUT2D eigenvalue weighted by Crippen LogP contribution is -2.40. The molecule has 1 aliphatic heterocycles. The molecule has 3 aromatic carbocycles. The highest BCUT2D eigenvalue weighted by molar-refractivity contribution is 6.32. The van der Waals surface area contributed by atoms with Crippen LogP contribution >= 0.6 is 11.6 Å². The molecule has 0 spiro atoms. The molecule has 8 heteroatoms. The summed E-state index contributed by atoms with van der Waals surface area (Å²) >= 11 is 6.32. The Hall–Kier alpha value is -3.55. The largest absolute Gasteiger partial charge is 0.495 e. The molecule has 4 aromatic rings. The summed E-state index contributed by atoms with van der Waals surface area (Å²) < 4.78 is 10.6. The van der Waals surface area contributed by atoms with Crippen molar-refractivity contribution in [3.63, 3.8) is 0 Å². The second-order valence-electron chi connectivity index (χ2n) is 7.95. The van der Waals surface area contributed by atoms with Crippen LogP contribution in [0.2, 0.25) is 5.02 Å². The maximum absolute atomic E-state index is 12.9. The second-order valence-corrected chi connectivity index (χ2v) is 8.36. The smallest absolute Gasteiger partial charge is 0.254 e. The van der Waals surface area contributed by atoms with Crippen molar-refractivity contribution in [3.05, 3.63) is 64.7 Å². The van der Waals surface area contributed by atoms with Crippen molar-refractivity contribution >= 4 is 45.2 Å². The fourth-order valence-electron chi connectivity index (χ4n) is 4.30. The lowest BCUT2D eigenvalue weighted by atomic mass is 9.98.